The molecular formula is C42H66O20. The van der Waals surface area contributed by atoms with Gasteiger partial charge in [0.15, 0.2) is 12.6 Å². The number of carbonyl (C=O) groups is 2. The summed E-state index contributed by atoms with van der Waals surface area (Å²) in [5.74, 6) is -3.48. The Labute approximate surface area is 359 Å². The fraction of sp³-hybridized carbons (Fsp3) is 0.857. The first kappa shape index (κ1) is 48.9. The van der Waals surface area contributed by atoms with Crippen LogP contribution >= 0.6 is 0 Å². The van der Waals surface area contributed by atoms with Crippen molar-refractivity contribution < 1.29 is 98.5 Å². The molecule has 0 aromatic heterocycles. The van der Waals surface area contributed by atoms with Gasteiger partial charge < -0.3 is 89.0 Å². The third kappa shape index (κ3) is 10.4. The highest BCUT2D eigenvalue weighted by atomic mass is 16.8. The number of fused-ring (bicyclic) bond motifs is 2. The lowest BCUT2D eigenvalue weighted by Crippen LogP contribution is -2.60. The van der Waals surface area contributed by atoms with Gasteiger partial charge in [-0.2, -0.15) is 0 Å². The molecule has 2 saturated heterocycles. The lowest BCUT2D eigenvalue weighted by molar-refractivity contribution is -0.346. The summed E-state index contributed by atoms with van der Waals surface area (Å²) in [6, 6.07) is 0. The molecule has 0 aromatic carbocycles. The molecule has 4 fully saturated rings. The number of hydrogen-bond donors (Lipinski definition) is 10. The topological polar surface area (TPSA) is 310 Å². The minimum Gasteiger partial charge on any atom is -0.471 e. The maximum Gasteiger partial charge on any atom is 0.337 e. The zero-order valence-electron chi connectivity index (χ0n) is 35.6. The molecule has 20 nitrogen and oxygen atoms in total. The first-order valence-corrected chi connectivity index (χ1v) is 21.7. The Bertz CT molecular complexity index is 1580. The van der Waals surface area contributed by atoms with Gasteiger partial charge in [0, 0.05) is 11.8 Å². The largest absolute Gasteiger partial charge is 0.471 e. The second-order valence-electron chi connectivity index (χ2n) is 18.5. The summed E-state index contributed by atoms with van der Waals surface area (Å²) in [6.07, 6.45) is -10.6. The van der Waals surface area contributed by atoms with Crippen molar-refractivity contribution in [2.24, 2.45) is 35.5 Å². The van der Waals surface area contributed by atoms with E-state index in [2.05, 4.69) is 0 Å². The van der Waals surface area contributed by atoms with Gasteiger partial charge in [0.1, 0.15) is 48.8 Å². The molecule has 2 aliphatic carbocycles. The van der Waals surface area contributed by atoms with Gasteiger partial charge in [0.05, 0.1) is 73.1 Å². The van der Waals surface area contributed by atoms with Crippen LogP contribution in [0.3, 0.4) is 0 Å². The monoisotopic (exact) mass is 890 g/mol. The smallest absolute Gasteiger partial charge is 0.337 e. The summed E-state index contributed by atoms with van der Waals surface area (Å²) in [7, 11) is 0. The van der Waals surface area contributed by atoms with E-state index in [1.54, 1.807) is 13.8 Å². The number of aliphatic hydroxyl groups excluding tert-OH is 8. The number of esters is 2. The van der Waals surface area contributed by atoms with Crippen LogP contribution in [0, 0.1) is 35.5 Å². The van der Waals surface area contributed by atoms with E-state index in [-0.39, 0.29) is 36.2 Å². The first-order valence-electron chi connectivity index (χ1n) is 21.7. The lowest BCUT2D eigenvalue weighted by atomic mass is 9.81. The van der Waals surface area contributed by atoms with Crippen LogP contribution in [0.2, 0.25) is 0 Å². The summed E-state index contributed by atoms with van der Waals surface area (Å²) in [6.45, 7) is 6.20. The van der Waals surface area contributed by atoms with Gasteiger partial charge in [0.25, 0.3) is 0 Å². The third-order valence-corrected chi connectivity index (χ3v) is 13.7. The number of rotatable bonds is 17. The van der Waals surface area contributed by atoms with Crippen LogP contribution in [-0.2, 0) is 47.5 Å². The SMILES string of the molecule is CC(CCCC(C)COC(=O)C1=CO[C@@H](O[C@@H]2O[C@H](CO)[C@@H](O)[C@H](O)[C@H]2O)[C@H]2[C@@H]1CC[C@]2(C)O)CCOC(=O)C1=CO[C@@H](O[C@@H]2O[C@H](CO)[C@@H](O)[C@H](O)[C@H]2O)[C@H]2[C@@H]1CC[C@]2(C)O. The highest BCUT2D eigenvalue weighted by Gasteiger charge is 2.58. The van der Waals surface area contributed by atoms with Crippen LogP contribution in [0.5, 0.6) is 0 Å². The van der Waals surface area contributed by atoms with Crippen molar-refractivity contribution in [2.75, 3.05) is 26.4 Å². The summed E-state index contributed by atoms with van der Waals surface area (Å²) in [5.41, 5.74) is -2.17. The maximum absolute atomic E-state index is 13.3. The van der Waals surface area contributed by atoms with Crippen molar-refractivity contribution in [2.45, 2.75) is 164 Å². The predicted molar refractivity (Wildman–Crippen MR) is 208 cm³/mol. The first-order chi connectivity index (χ1) is 29.3. The van der Waals surface area contributed by atoms with E-state index in [1.807, 2.05) is 13.8 Å². The molecule has 0 aromatic rings. The molecular weight excluding hydrogens is 824 g/mol. The zero-order chi connectivity index (χ0) is 45.3. The zero-order valence-corrected chi connectivity index (χ0v) is 35.6. The summed E-state index contributed by atoms with van der Waals surface area (Å²) in [5, 5.41) is 103. The fourth-order valence-corrected chi connectivity index (χ4v) is 9.78. The summed E-state index contributed by atoms with van der Waals surface area (Å²) < 4.78 is 45.5. The molecule has 20 heteroatoms. The van der Waals surface area contributed by atoms with E-state index in [0.29, 0.717) is 32.1 Å². The van der Waals surface area contributed by atoms with E-state index in [1.165, 1.54) is 12.5 Å². The molecule has 6 aliphatic rings. The fourth-order valence-electron chi connectivity index (χ4n) is 9.78. The van der Waals surface area contributed by atoms with Crippen LogP contribution in [0.4, 0.5) is 0 Å². The van der Waals surface area contributed by atoms with Crippen LogP contribution in [0.1, 0.15) is 79.1 Å². The summed E-state index contributed by atoms with van der Waals surface area (Å²) >= 11 is 0. The number of aliphatic hydroxyl groups is 10. The van der Waals surface area contributed by atoms with Crippen molar-refractivity contribution in [1.82, 2.24) is 0 Å². The average molecular weight is 891 g/mol. The molecule has 2 saturated carbocycles. The van der Waals surface area contributed by atoms with Crippen molar-refractivity contribution >= 4 is 11.9 Å². The Morgan fingerprint density at radius 2 is 1.08 bits per heavy atom. The number of hydrogen-bond acceptors (Lipinski definition) is 20. The molecule has 354 valence electrons. The molecule has 2 unspecified atom stereocenters. The minimum absolute atomic E-state index is 0.0159. The molecule has 4 aliphatic heterocycles. The predicted octanol–water partition coefficient (Wildman–Crippen LogP) is -1.43. The molecule has 0 bridgehead atoms. The van der Waals surface area contributed by atoms with Gasteiger partial charge in [-0.05, 0) is 64.2 Å². The van der Waals surface area contributed by atoms with Gasteiger partial charge in [-0.1, -0.05) is 26.7 Å². The van der Waals surface area contributed by atoms with Crippen molar-refractivity contribution in [3.8, 4) is 0 Å². The second-order valence-corrected chi connectivity index (χ2v) is 18.5. The maximum atomic E-state index is 13.3. The Kier molecular flexibility index (Phi) is 16.0. The second kappa shape index (κ2) is 20.3. The highest BCUT2D eigenvalue weighted by molar-refractivity contribution is 5.89. The van der Waals surface area contributed by atoms with Crippen LogP contribution in [-0.4, -0.2) is 175 Å². The van der Waals surface area contributed by atoms with Gasteiger partial charge >= 0.3 is 11.9 Å². The average Bonchev–Trinajstić information content (AvgIpc) is 3.74. The van der Waals surface area contributed by atoms with Crippen molar-refractivity contribution in [1.29, 1.82) is 0 Å². The highest BCUT2D eigenvalue weighted by Crippen LogP contribution is 2.51. The minimum atomic E-state index is -1.67. The van der Waals surface area contributed by atoms with E-state index < -0.39 is 134 Å². The molecule has 10 N–H and O–H groups in total. The molecule has 0 amide bonds. The van der Waals surface area contributed by atoms with Gasteiger partial charge in [-0.3, -0.25) is 0 Å². The van der Waals surface area contributed by atoms with Crippen LogP contribution in [0.25, 0.3) is 0 Å². The number of ether oxygens (including phenoxy) is 8. The van der Waals surface area contributed by atoms with E-state index >= 15 is 0 Å². The van der Waals surface area contributed by atoms with Gasteiger partial charge in [-0.25, -0.2) is 9.59 Å². The molecule has 20 atom stereocenters. The standard InChI is InChI=1S/C42H66O20/c1-19(10-13-55-35(51)23-17-57-37(27-21(23)8-11-41(27,3)53)61-39-33(49)31(47)29(45)25(14-43)59-39)6-5-7-20(2)16-56-36(52)24-18-58-38(28-22(24)9-12-42(28,4)54)62-40-34(50)32(48)30(46)26(15-44)60-40/h17-22,25-34,37-40,43-50,53-54H,5-16H2,1-4H3/t19?,20?,21-,22-,25-,26-,27-,28-,29-,30-,31+,32+,33-,34-,37+,38+,39+,40+,41+,42+/m1/s1. The lowest BCUT2D eigenvalue weighted by Gasteiger charge is -2.44. The van der Waals surface area contributed by atoms with Crippen LogP contribution < -0.4 is 0 Å². The van der Waals surface area contributed by atoms with Crippen molar-refractivity contribution in [3.63, 3.8) is 0 Å². The van der Waals surface area contributed by atoms with E-state index in [4.69, 9.17) is 37.9 Å². The third-order valence-electron chi connectivity index (χ3n) is 13.7. The van der Waals surface area contributed by atoms with Gasteiger partial charge in [-0.15, -0.1) is 0 Å². The summed E-state index contributed by atoms with van der Waals surface area (Å²) in [4.78, 5) is 26.6. The van der Waals surface area contributed by atoms with E-state index in [0.717, 1.165) is 19.3 Å². The molecule has 0 spiro atoms. The molecule has 0 radical (unpaired) electrons. The normalized spacial score (nSPS) is 43.8. The molecule has 4 heterocycles. The quantitative estimate of drug-likeness (QED) is 0.0749. The number of carbonyl (C=O) groups excluding carboxylic acids is 2. The van der Waals surface area contributed by atoms with Gasteiger partial charge in [0.2, 0.25) is 12.6 Å². The van der Waals surface area contributed by atoms with Crippen molar-refractivity contribution in [3.05, 3.63) is 23.7 Å². The Morgan fingerprint density at radius 3 is 1.53 bits per heavy atom. The molecule has 6 rings (SSSR count). The Morgan fingerprint density at radius 1 is 0.645 bits per heavy atom. The Hall–Kier alpha value is -2.54. The van der Waals surface area contributed by atoms with Crippen LogP contribution in [0.15, 0.2) is 23.7 Å². The molecule has 62 heavy (non-hydrogen) atoms. The van der Waals surface area contributed by atoms with E-state index in [9.17, 15) is 60.7 Å². The Balaban J connectivity index is 0.921.